The van der Waals surface area contributed by atoms with Crippen LogP contribution >= 0.6 is 11.3 Å². The number of amides is 1. The van der Waals surface area contributed by atoms with Crippen LogP contribution in [0.4, 0.5) is 0 Å². The van der Waals surface area contributed by atoms with Crippen molar-refractivity contribution in [2.75, 3.05) is 14.2 Å². The topological polar surface area (TPSA) is 69.9 Å². The van der Waals surface area contributed by atoms with Gasteiger partial charge in [0.1, 0.15) is 12.3 Å². The summed E-state index contributed by atoms with van der Waals surface area (Å²) in [5.74, 6) is -0.0936. The Labute approximate surface area is 189 Å². The van der Waals surface area contributed by atoms with Gasteiger partial charge in [0.25, 0.3) is 5.91 Å². The summed E-state index contributed by atoms with van der Waals surface area (Å²) < 4.78 is 12.7. The lowest BCUT2D eigenvalue weighted by Gasteiger charge is -2.05. The van der Waals surface area contributed by atoms with Crippen molar-refractivity contribution in [2.45, 2.75) is 13.0 Å². The van der Waals surface area contributed by atoms with Crippen LogP contribution in [-0.2, 0) is 22.5 Å². The molecule has 1 amide bonds. The summed E-state index contributed by atoms with van der Waals surface area (Å²) in [7, 11) is 2.92. The molecule has 4 aromatic rings. The minimum Gasteiger partial charge on any atom is -0.497 e. The van der Waals surface area contributed by atoms with Crippen LogP contribution in [0.2, 0.25) is 0 Å². The number of esters is 1. The lowest BCUT2D eigenvalue weighted by atomic mass is 10.0. The van der Waals surface area contributed by atoms with Gasteiger partial charge in [-0.1, -0.05) is 53.8 Å². The van der Waals surface area contributed by atoms with Gasteiger partial charge in [0.05, 0.1) is 24.4 Å². The molecule has 32 heavy (non-hydrogen) atoms. The van der Waals surface area contributed by atoms with E-state index in [-0.39, 0.29) is 12.5 Å². The zero-order valence-electron chi connectivity index (χ0n) is 17.8. The zero-order valence-corrected chi connectivity index (χ0v) is 18.6. The molecule has 0 unspecified atom stereocenters. The number of fused-ring (bicyclic) bond motifs is 1. The van der Waals surface area contributed by atoms with Crippen LogP contribution in [0.1, 0.15) is 21.5 Å². The first-order valence-corrected chi connectivity index (χ1v) is 10.8. The van der Waals surface area contributed by atoms with Crippen LogP contribution in [0.3, 0.4) is 0 Å². The van der Waals surface area contributed by atoms with E-state index < -0.39 is 5.97 Å². The minimum absolute atomic E-state index is 0.0368. The molecule has 4 rings (SSSR count). The third-order valence-corrected chi connectivity index (χ3v) is 6.10. The minimum atomic E-state index is -0.417. The van der Waals surface area contributed by atoms with Gasteiger partial charge in [0.2, 0.25) is 0 Å². The first-order chi connectivity index (χ1) is 15.6. The first kappa shape index (κ1) is 21.5. The van der Waals surface area contributed by atoms with Crippen LogP contribution in [0, 0.1) is 0 Å². The molecule has 0 saturated heterocycles. The Bertz CT molecular complexity index is 1320. The molecule has 0 aliphatic heterocycles. The van der Waals surface area contributed by atoms with Crippen molar-refractivity contribution in [2.24, 2.45) is 4.99 Å². The lowest BCUT2D eigenvalue weighted by molar-refractivity contribution is -0.141. The monoisotopic (exact) mass is 446 g/mol. The van der Waals surface area contributed by atoms with E-state index in [2.05, 4.69) is 17.1 Å². The van der Waals surface area contributed by atoms with Gasteiger partial charge in [-0.3, -0.25) is 9.59 Å². The number of nitrogens with zero attached hydrogens (tertiary/aromatic N) is 2. The van der Waals surface area contributed by atoms with Crippen LogP contribution in [0.5, 0.6) is 5.75 Å². The molecule has 0 radical (unpaired) electrons. The number of rotatable bonds is 6. The third kappa shape index (κ3) is 4.78. The quantitative estimate of drug-likeness (QED) is 0.416. The number of carbonyl (C=O) groups is 2. The highest BCUT2D eigenvalue weighted by Gasteiger charge is 2.13. The Morgan fingerprint density at radius 1 is 0.938 bits per heavy atom. The largest absolute Gasteiger partial charge is 0.497 e. The van der Waals surface area contributed by atoms with E-state index >= 15 is 0 Å². The molecule has 0 saturated carbocycles. The molecule has 0 spiro atoms. The van der Waals surface area contributed by atoms with Crippen molar-refractivity contribution in [3.8, 4) is 5.75 Å². The van der Waals surface area contributed by atoms with Gasteiger partial charge < -0.3 is 14.0 Å². The Morgan fingerprint density at radius 2 is 1.66 bits per heavy atom. The van der Waals surface area contributed by atoms with Gasteiger partial charge in [-0.05, 0) is 47.9 Å². The van der Waals surface area contributed by atoms with Crippen molar-refractivity contribution in [1.29, 1.82) is 0 Å². The highest BCUT2D eigenvalue weighted by atomic mass is 32.1. The molecule has 7 heteroatoms. The normalized spacial score (nSPS) is 11.5. The molecule has 6 nitrogen and oxygen atoms in total. The molecule has 0 fully saturated rings. The molecule has 0 N–H and O–H groups in total. The summed E-state index contributed by atoms with van der Waals surface area (Å²) in [6, 6.07) is 23.1. The standard InChI is InChI=1S/C25H22N2O4S/c1-30-20-12-13-21-22(15-20)32-25(27(21)16-23(28)31-2)26-24(29)19-10-8-18(9-11-19)14-17-6-4-3-5-7-17/h3-13,15H,14,16H2,1-2H3. The summed E-state index contributed by atoms with van der Waals surface area (Å²) in [6.45, 7) is -0.0368. The van der Waals surface area contributed by atoms with E-state index in [9.17, 15) is 9.59 Å². The summed E-state index contributed by atoms with van der Waals surface area (Å²) in [6.07, 6.45) is 0.795. The van der Waals surface area contributed by atoms with Gasteiger partial charge in [-0.2, -0.15) is 4.99 Å². The SMILES string of the molecule is COC(=O)Cn1c(=NC(=O)c2ccc(Cc3ccccc3)cc2)sc2cc(OC)ccc21. The van der Waals surface area contributed by atoms with Gasteiger partial charge in [-0.15, -0.1) is 0 Å². The maximum Gasteiger partial charge on any atom is 0.325 e. The van der Waals surface area contributed by atoms with E-state index in [1.54, 1.807) is 29.9 Å². The Kier molecular flexibility index (Phi) is 6.47. The van der Waals surface area contributed by atoms with Gasteiger partial charge in [-0.25, -0.2) is 0 Å². The molecule has 0 aliphatic rings. The van der Waals surface area contributed by atoms with E-state index in [1.807, 2.05) is 42.5 Å². The number of hydrogen-bond acceptors (Lipinski definition) is 5. The number of methoxy groups -OCH3 is 2. The van der Waals surface area contributed by atoms with Crippen LogP contribution in [0.15, 0.2) is 77.8 Å². The predicted octanol–water partition coefficient (Wildman–Crippen LogP) is 4.22. The van der Waals surface area contributed by atoms with Crippen LogP contribution in [-0.4, -0.2) is 30.7 Å². The number of benzene rings is 3. The predicted molar refractivity (Wildman–Crippen MR) is 124 cm³/mol. The van der Waals surface area contributed by atoms with E-state index in [0.29, 0.717) is 16.1 Å². The van der Waals surface area contributed by atoms with E-state index in [0.717, 1.165) is 22.2 Å². The second-order valence-corrected chi connectivity index (χ2v) is 8.17. The second kappa shape index (κ2) is 9.62. The summed E-state index contributed by atoms with van der Waals surface area (Å²) in [4.78, 5) is 29.6. The smallest absolute Gasteiger partial charge is 0.325 e. The molecule has 1 aromatic heterocycles. The summed E-state index contributed by atoms with van der Waals surface area (Å²) >= 11 is 1.32. The highest BCUT2D eigenvalue weighted by Crippen LogP contribution is 2.23. The number of aromatic nitrogens is 1. The first-order valence-electron chi connectivity index (χ1n) is 10.0. The maximum absolute atomic E-state index is 12.9. The van der Waals surface area contributed by atoms with Crippen molar-refractivity contribution >= 4 is 33.4 Å². The number of ether oxygens (including phenoxy) is 2. The van der Waals surface area contributed by atoms with Crippen LogP contribution in [0.25, 0.3) is 10.2 Å². The third-order valence-electron chi connectivity index (χ3n) is 5.05. The molecular weight excluding hydrogens is 424 g/mol. The Morgan fingerprint density at radius 3 is 2.34 bits per heavy atom. The van der Waals surface area contributed by atoms with E-state index in [1.165, 1.54) is 24.0 Å². The van der Waals surface area contributed by atoms with Crippen LogP contribution < -0.4 is 9.54 Å². The molecular formula is C25H22N2O4S. The molecule has 1 heterocycles. The fourth-order valence-corrected chi connectivity index (χ4v) is 4.42. The summed E-state index contributed by atoms with van der Waals surface area (Å²) in [5.41, 5.74) is 3.59. The fraction of sp³-hybridized carbons (Fsp3) is 0.160. The van der Waals surface area contributed by atoms with Crippen molar-refractivity contribution < 1.29 is 19.1 Å². The Balaban J connectivity index is 1.66. The maximum atomic E-state index is 12.9. The lowest BCUT2D eigenvalue weighted by Crippen LogP contribution is -2.22. The van der Waals surface area contributed by atoms with Crippen molar-refractivity contribution in [3.05, 3.63) is 94.3 Å². The second-order valence-electron chi connectivity index (χ2n) is 7.16. The van der Waals surface area contributed by atoms with Gasteiger partial charge in [0.15, 0.2) is 4.80 Å². The zero-order chi connectivity index (χ0) is 22.5. The van der Waals surface area contributed by atoms with E-state index in [4.69, 9.17) is 9.47 Å². The number of hydrogen-bond donors (Lipinski definition) is 0. The average molecular weight is 447 g/mol. The molecule has 3 aromatic carbocycles. The Hall–Kier alpha value is -3.71. The molecule has 162 valence electrons. The summed E-state index contributed by atoms with van der Waals surface area (Å²) in [5, 5.41) is 0. The molecule has 0 atom stereocenters. The number of carbonyl (C=O) groups excluding carboxylic acids is 2. The molecule has 0 aliphatic carbocycles. The van der Waals surface area contributed by atoms with Crippen molar-refractivity contribution in [1.82, 2.24) is 4.57 Å². The highest BCUT2D eigenvalue weighted by molar-refractivity contribution is 7.16. The van der Waals surface area contributed by atoms with Gasteiger partial charge >= 0.3 is 5.97 Å². The van der Waals surface area contributed by atoms with Gasteiger partial charge in [0, 0.05) is 5.56 Å². The number of thiazole rings is 1. The van der Waals surface area contributed by atoms with Crippen molar-refractivity contribution in [3.63, 3.8) is 0 Å². The molecule has 0 bridgehead atoms. The average Bonchev–Trinajstić information content (AvgIpc) is 3.15. The fourth-order valence-electron chi connectivity index (χ4n) is 3.36.